The number of nitrogens with zero attached hydrogens (tertiary/aromatic N) is 1. The zero-order valence-corrected chi connectivity index (χ0v) is 13.2. The number of allylic oxidation sites excluding steroid dienone is 5. The van der Waals surface area contributed by atoms with E-state index in [4.69, 9.17) is 0 Å². The van der Waals surface area contributed by atoms with E-state index in [-0.39, 0.29) is 0 Å². The van der Waals surface area contributed by atoms with Crippen molar-refractivity contribution in [2.45, 2.75) is 52.9 Å². The Kier molecular flexibility index (Phi) is 3.96. The van der Waals surface area contributed by atoms with Gasteiger partial charge < -0.3 is 0 Å². The SMILES string of the molecule is CC1=CC=C2C[C@H]1CC(C)CCC1=CC(C)CC=[N+]2C1. The second kappa shape index (κ2) is 5.71. The highest BCUT2D eigenvalue weighted by Gasteiger charge is 2.28. The lowest BCUT2D eigenvalue weighted by atomic mass is 9.81. The first-order valence-electron chi connectivity index (χ1n) is 8.28. The van der Waals surface area contributed by atoms with Gasteiger partial charge in [0.15, 0.2) is 12.2 Å². The molecule has 0 N–H and O–H groups in total. The summed E-state index contributed by atoms with van der Waals surface area (Å²) in [6.07, 6.45) is 16.1. The molecule has 0 spiro atoms. The summed E-state index contributed by atoms with van der Waals surface area (Å²) in [5.74, 6) is 2.31. The van der Waals surface area contributed by atoms with E-state index >= 15 is 0 Å². The molecule has 20 heavy (non-hydrogen) atoms. The number of fused-ring (bicyclic) bond motifs is 5. The normalized spacial score (nSPS) is 34.2. The summed E-state index contributed by atoms with van der Waals surface area (Å²) in [6, 6.07) is 0. The molecule has 1 heteroatoms. The van der Waals surface area contributed by atoms with Crippen molar-refractivity contribution in [3.63, 3.8) is 0 Å². The van der Waals surface area contributed by atoms with Crippen LogP contribution < -0.4 is 0 Å². The Morgan fingerprint density at radius 3 is 2.90 bits per heavy atom. The highest BCUT2D eigenvalue weighted by atomic mass is 15.0. The summed E-state index contributed by atoms with van der Waals surface area (Å²) >= 11 is 0. The van der Waals surface area contributed by atoms with Crippen LogP contribution in [-0.2, 0) is 0 Å². The fourth-order valence-corrected chi connectivity index (χ4v) is 3.84. The van der Waals surface area contributed by atoms with Crippen LogP contribution in [0.3, 0.4) is 0 Å². The molecule has 3 aliphatic rings. The van der Waals surface area contributed by atoms with Crippen LogP contribution in [0.2, 0.25) is 0 Å². The van der Waals surface area contributed by atoms with Gasteiger partial charge in [-0.2, -0.15) is 0 Å². The molecule has 3 rings (SSSR count). The molecular weight excluding hydrogens is 242 g/mol. The van der Waals surface area contributed by atoms with Crippen LogP contribution in [0.1, 0.15) is 52.9 Å². The lowest BCUT2D eigenvalue weighted by Gasteiger charge is -2.26. The minimum Gasteiger partial charge on any atom is -0.202 e. The lowest BCUT2D eigenvalue weighted by Crippen LogP contribution is -2.22. The van der Waals surface area contributed by atoms with Crippen molar-refractivity contribution in [1.29, 1.82) is 0 Å². The number of hydrogen-bond acceptors (Lipinski definition) is 0. The molecular formula is C19H28N+. The van der Waals surface area contributed by atoms with Crippen molar-refractivity contribution in [1.82, 2.24) is 0 Å². The number of hydrogen-bond donors (Lipinski definition) is 0. The zero-order chi connectivity index (χ0) is 14.1. The summed E-state index contributed by atoms with van der Waals surface area (Å²) in [5.41, 5.74) is 4.78. The molecule has 3 atom stereocenters. The van der Waals surface area contributed by atoms with Crippen LogP contribution in [0.25, 0.3) is 0 Å². The van der Waals surface area contributed by atoms with Crippen LogP contribution >= 0.6 is 0 Å². The molecule has 1 saturated heterocycles. The molecule has 0 aromatic carbocycles. The summed E-state index contributed by atoms with van der Waals surface area (Å²) in [4.78, 5) is 0. The van der Waals surface area contributed by atoms with Crippen LogP contribution in [0.4, 0.5) is 0 Å². The van der Waals surface area contributed by atoms with Crippen LogP contribution in [0.15, 0.2) is 35.1 Å². The Hall–Kier alpha value is -1.11. The molecule has 0 amide bonds. The maximum atomic E-state index is 2.54. The maximum Gasteiger partial charge on any atom is 0.181 e. The van der Waals surface area contributed by atoms with E-state index in [2.05, 4.69) is 49.8 Å². The van der Waals surface area contributed by atoms with Crippen molar-refractivity contribution in [2.24, 2.45) is 17.8 Å². The lowest BCUT2D eigenvalue weighted by molar-refractivity contribution is -0.468. The summed E-state index contributed by atoms with van der Waals surface area (Å²) in [7, 11) is 0. The van der Waals surface area contributed by atoms with Crippen LogP contribution in [0.5, 0.6) is 0 Å². The molecule has 2 unspecified atom stereocenters. The highest BCUT2D eigenvalue weighted by molar-refractivity contribution is 5.54. The van der Waals surface area contributed by atoms with Crippen LogP contribution in [-0.4, -0.2) is 17.3 Å². The van der Waals surface area contributed by atoms with Gasteiger partial charge in [-0.05, 0) is 49.5 Å². The Bertz CT molecular complexity index is 504. The second-order valence-electron chi connectivity index (χ2n) is 7.20. The average molecular weight is 270 g/mol. The minimum atomic E-state index is 0.698. The van der Waals surface area contributed by atoms with Crippen molar-refractivity contribution in [2.75, 3.05) is 6.54 Å². The van der Waals surface area contributed by atoms with Gasteiger partial charge in [0.1, 0.15) is 6.21 Å². The molecule has 4 bridgehead atoms. The van der Waals surface area contributed by atoms with Gasteiger partial charge in [-0.25, -0.2) is 4.58 Å². The monoisotopic (exact) mass is 270 g/mol. The fraction of sp³-hybridized carbons (Fsp3) is 0.632. The van der Waals surface area contributed by atoms with Crippen molar-refractivity contribution >= 4 is 6.21 Å². The third-order valence-corrected chi connectivity index (χ3v) is 5.24. The van der Waals surface area contributed by atoms with E-state index in [0.717, 1.165) is 18.4 Å². The molecule has 1 fully saturated rings. The van der Waals surface area contributed by atoms with Gasteiger partial charge >= 0.3 is 0 Å². The molecule has 0 aromatic rings. The smallest absolute Gasteiger partial charge is 0.181 e. The van der Waals surface area contributed by atoms with Crippen molar-refractivity contribution in [3.05, 3.63) is 35.1 Å². The van der Waals surface area contributed by atoms with E-state index in [0.29, 0.717) is 5.92 Å². The van der Waals surface area contributed by atoms with E-state index in [1.165, 1.54) is 37.8 Å². The molecule has 1 nitrogen and oxygen atoms in total. The first-order chi connectivity index (χ1) is 9.61. The Morgan fingerprint density at radius 1 is 1.20 bits per heavy atom. The maximum absolute atomic E-state index is 2.54. The van der Waals surface area contributed by atoms with E-state index in [1.807, 2.05) is 0 Å². The number of rotatable bonds is 0. The van der Waals surface area contributed by atoms with Gasteiger partial charge in [0.2, 0.25) is 0 Å². The van der Waals surface area contributed by atoms with Gasteiger partial charge in [0.05, 0.1) is 0 Å². The topological polar surface area (TPSA) is 3.01 Å². The second-order valence-corrected chi connectivity index (χ2v) is 7.20. The standard InChI is InChI=1S/C19H28N/c1-14-4-6-17-10-15(2)8-9-20(13-17)19-7-5-16(3)18(11-14)12-19/h5,7,9-10,14-15,18H,4,6,8,11-13H2,1-3H3/q+1/t14?,15?,18-/m1/s1. The first kappa shape index (κ1) is 13.9. The molecule has 108 valence electrons. The first-order valence-corrected chi connectivity index (χ1v) is 8.28. The van der Waals surface area contributed by atoms with Crippen molar-refractivity contribution in [3.8, 4) is 0 Å². The summed E-state index contributed by atoms with van der Waals surface area (Å²) < 4.78 is 2.54. The third kappa shape index (κ3) is 2.97. The molecule has 0 radical (unpaired) electrons. The molecule has 2 heterocycles. The predicted molar refractivity (Wildman–Crippen MR) is 86.0 cm³/mol. The van der Waals surface area contributed by atoms with E-state index < -0.39 is 0 Å². The quantitative estimate of drug-likeness (QED) is 0.443. The van der Waals surface area contributed by atoms with Gasteiger partial charge in [-0.1, -0.05) is 31.6 Å². The van der Waals surface area contributed by atoms with Gasteiger partial charge in [0, 0.05) is 18.9 Å². The fourth-order valence-electron chi connectivity index (χ4n) is 3.84. The van der Waals surface area contributed by atoms with E-state index in [1.54, 1.807) is 11.1 Å². The third-order valence-electron chi connectivity index (χ3n) is 5.24. The average Bonchev–Trinajstić information content (AvgIpc) is 2.60. The molecule has 2 aliphatic heterocycles. The Labute approximate surface area is 123 Å². The molecule has 1 aliphatic carbocycles. The van der Waals surface area contributed by atoms with Crippen LogP contribution in [0, 0.1) is 17.8 Å². The van der Waals surface area contributed by atoms with E-state index in [9.17, 15) is 0 Å². The Balaban J connectivity index is 1.96. The highest BCUT2D eigenvalue weighted by Crippen LogP contribution is 2.34. The summed E-state index contributed by atoms with van der Waals surface area (Å²) in [6.45, 7) is 8.24. The van der Waals surface area contributed by atoms with Gasteiger partial charge in [0.25, 0.3) is 0 Å². The minimum absolute atomic E-state index is 0.698. The van der Waals surface area contributed by atoms with Crippen molar-refractivity contribution < 1.29 is 4.58 Å². The van der Waals surface area contributed by atoms with Gasteiger partial charge in [-0.15, -0.1) is 0 Å². The molecule has 0 saturated carbocycles. The van der Waals surface area contributed by atoms with Gasteiger partial charge in [-0.3, -0.25) is 0 Å². The Morgan fingerprint density at radius 2 is 2.05 bits per heavy atom. The zero-order valence-electron chi connectivity index (χ0n) is 13.2. The molecule has 0 aromatic heterocycles. The summed E-state index contributed by atoms with van der Waals surface area (Å²) in [5, 5.41) is 0. The predicted octanol–water partition coefficient (Wildman–Crippen LogP) is 4.71. The largest absolute Gasteiger partial charge is 0.202 e.